The first-order chi connectivity index (χ1) is 25.5. The first kappa shape index (κ1) is 36.9. The lowest BCUT2D eigenvalue weighted by atomic mass is 9.11. The molecule has 0 aromatic heterocycles. The molecule has 2 aliphatic carbocycles. The lowest BCUT2D eigenvalue weighted by molar-refractivity contribution is 0.380. The van der Waals surface area contributed by atoms with Gasteiger partial charge < -0.3 is 0 Å². The van der Waals surface area contributed by atoms with Gasteiger partial charge in [-0.3, -0.25) is 0 Å². The highest BCUT2D eigenvalue weighted by Crippen LogP contribution is 2.58. The van der Waals surface area contributed by atoms with E-state index in [2.05, 4.69) is 0 Å². The van der Waals surface area contributed by atoms with Crippen LogP contribution in [0.15, 0.2) is 42.5 Å². The molecule has 0 unspecified atom stereocenters. The van der Waals surface area contributed by atoms with E-state index in [9.17, 15) is 13.2 Å². The highest BCUT2D eigenvalue weighted by atomic mass is 19.2. The highest BCUT2D eigenvalue weighted by molar-refractivity contribution is 7.24. The molecule has 5 aromatic carbocycles. The Labute approximate surface area is 294 Å². The summed E-state index contributed by atoms with van der Waals surface area (Å²) in [6.45, 7) is 3.30. The van der Waals surface area contributed by atoms with Crippen LogP contribution in [0.3, 0.4) is 0 Å². The summed E-state index contributed by atoms with van der Waals surface area (Å²) in [6, 6.07) is 8.88. The van der Waals surface area contributed by atoms with E-state index in [0.29, 0.717) is 17.6 Å². The van der Waals surface area contributed by atoms with Crippen LogP contribution in [0.25, 0.3) is 22.2 Å². The molecule has 54 heavy (non-hydrogen) atoms. The standard InChI is InChI=1S/C38H17BF15/c1-3-6-13-17-11-12(2)9-10-15(17)19-18(13)14-7-4-5-8-16(14)20(19)39(21-24(40)30(46)36(52)31(47)25(21)41,22-26(42)32(48)37(53)33(49)27(22)43)23-28(44)34(50)38(54)35(51)29(23)45/h4-5,7-11H,3,6H2,1-2H3/q-1. The van der Waals surface area contributed by atoms with Gasteiger partial charge >= 0.3 is 0 Å². The van der Waals surface area contributed by atoms with E-state index in [1.54, 1.807) is 13.8 Å². The van der Waals surface area contributed by atoms with Crippen molar-refractivity contribution in [2.45, 2.75) is 26.7 Å². The molecular weight excluding hydrogens is 752 g/mol. The fourth-order valence-corrected chi connectivity index (χ4v) is 8.03. The summed E-state index contributed by atoms with van der Waals surface area (Å²) in [5.41, 5.74) is -9.48. The maximum Gasteiger partial charge on any atom is 0.200 e. The second kappa shape index (κ2) is 12.6. The smallest absolute Gasteiger partial charge is 0.200 e. The largest absolute Gasteiger partial charge is 0.207 e. The van der Waals surface area contributed by atoms with Crippen LogP contribution in [-0.2, 0) is 0 Å². The maximum atomic E-state index is 16.5. The first-order valence-corrected chi connectivity index (χ1v) is 15.9. The number of halogens is 15. The van der Waals surface area contributed by atoms with Crippen molar-refractivity contribution in [3.05, 3.63) is 158 Å². The SMILES string of the molecule is CCCC1=C2C(=C([B-](c3c(F)c(F)c(F)c(F)c3F)(c3c(F)c(F)c(F)c(F)c3F)c3c(F)c(F)c(F)c(F)c3F)c3ccccc32)c2ccc(C)cc21. The van der Waals surface area contributed by atoms with Gasteiger partial charge in [-0.25, -0.2) is 65.9 Å². The number of aryl methyl sites for hydroxylation is 1. The Kier molecular flexibility index (Phi) is 8.61. The second-order valence-electron chi connectivity index (χ2n) is 12.8. The van der Waals surface area contributed by atoms with E-state index in [4.69, 9.17) is 0 Å². The topological polar surface area (TPSA) is 0 Å². The predicted molar refractivity (Wildman–Crippen MR) is 170 cm³/mol. The summed E-state index contributed by atoms with van der Waals surface area (Å²) in [7, 11) is 0. The summed E-state index contributed by atoms with van der Waals surface area (Å²) in [4.78, 5) is 0. The first-order valence-electron chi connectivity index (χ1n) is 15.9. The van der Waals surface area contributed by atoms with E-state index in [1.807, 2.05) is 0 Å². The van der Waals surface area contributed by atoms with Crippen LogP contribution in [0, 0.1) is 94.2 Å². The van der Waals surface area contributed by atoms with Crippen LogP contribution >= 0.6 is 0 Å². The zero-order chi connectivity index (χ0) is 39.5. The third kappa shape index (κ3) is 4.57. The Morgan fingerprint density at radius 3 is 1.15 bits per heavy atom. The Morgan fingerprint density at radius 2 is 0.759 bits per heavy atom. The summed E-state index contributed by atoms with van der Waals surface area (Å²) < 4.78 is 235. The van der Waals surface area contributed by atoms with E-state index in [0.717, 1.165) is 12.1 Å². The predicted octanol–water partition coefficient (Wildman–Crippen LogP) is 9.74. The van der Waals surface area contributed by atoms with Crippen molar-refractivity contribution in [1.29, 1.82) is 0 Å². The van der Waals surface area contributed by atoms with Crippen LogP contribution in [-0.4, -0.2) is 6.15 Å². The van der Waals surface area contributed by atoms with E-state index in [-0.39, 0.29) is 28.7 Å². The lowest BCUT2D eigenvalue weighted by Gasteiger charge is -2.46. The molecule has 0 fully saturated rings. The monoisotopic (exact) mass is 769 g/mol. The third-order valence-electron chi connectivity index (χ3n) is 10.0. The number of hydrogen-bond donors (Lipinski definition) is 0. The molecule has 0 atom stereocenters. The molecule has 0 radical (unpaired) electrons. The molecule has 7 rings (SSSR count). The summed E-state index contributed by atoms with van der Waals surface area (Å²) in [6.07, 6.45) is -5.54. The van der Waals surface area contributed by atoms with Crippen LogP contribution in [0.4, 0.5) is 65.9 Å². The molecule has 0 heterocycles. The fourth-order valence-electron chi connectivity index (χ4n) is 8.03. The zero-order valence-electron chi connectivity index (χ0n) is 27.2. The summed E-state index contributed by atoms with van der Waals surface area (Å²) >= 11 is 0. The van der Waals surface area contributed by atoms with Crippen LogP contribution < -0.4 is 16.4 Å². The molecule has 0 saturated carbocycles. The van der Waals surface area contributed by atoms with Gasteiger partial charge in [0.15, 0.2) is 52.4 Å². The molecule has 0 aliphatic heterocycles. The van der Waals surface area contributed by atoms with E-state index < -0.39 is 126 Å². The van der Waals surface area contributed by atoms with Crippen molar-refractivity contribution in [2.24, 2.45) is 0 Å². The van der Waals surface area contributed by atoms with Gasteiger partial charge in [-0.2, -0.15) is 5.47 Å². The van der Waals surface area contributed by atoms with Crippen LogP contribution in [0.1, 0.15) is 47.6 Å². The van der Waals surface area contributed by atoms with Crippen molar-refractivity contribution in [3.8, 4) is 0 Å². The molecular formula is C38H17BF15-. The average Bonchev–Trinajstić information content (AvgIpc) is 3.65. The number of rotatable bonds is 6. The fraction of sp³-hybridized carbons (Fsp3) is 0.105. The van der Waals surface area contributed by atoms with Crippen LogP contribution in [0.2, 0.25) is 0 Å². The van der Waals surface area contributed by atoms with Crippen molar-refractivity contribution in [2.75, 3.05) is 0 Å². The van der Waals surface area contributed by atoms with Gasteiger partial charge in [0.25, 0.3) is 0 Å². The number of fused-ring (bicyclic) bond motifs is 5. The molecule has 0 bridgehead atoms. The molecule has 0 amide bonds. The third-order valence-corrected chi connectivity index (χ3v) is 10.0. The van der Waals surface area contributed by atoms with Gasteiger partial charge in [0.2, 0.25) is 0 Å². The Morgan fingerprint density at radius 1 is 0.407 bits per heavy atom. The number of hydrogen-bond acceptors (Lipinski definition) is 0. The number of benzene rings is 5. The molecule has 2 aliphatic rings. The Bertz CT molecular complexity index is 2330. The van der Waals surface area contributed by atoms with Crippen molar-refractivity contribution < 1.29 is 65.9 Å². The lowest BCUT2D eigenvalue weighted by Crippen LogP contribution is -2.74. The minimum Gasteiger partial charge on any atom is -0.207 e. The van der Waals surface area contributed by atoms with Gasteiger partial charge in [-0.05, 0) is 46.8 Å². The second-order valence-corrected chi connectivity index (χ2v) is 12.8. The van der Waals surface area contributed by atoms with Gasteiger partial charge in [0, 0.05) is 0 Å². The Hall–Kier alpha value is -5.41. The molecule has 0 nitrogen and oxygen atoms in total. The minimum atomic E-state index is -5.99. The summed E-state index contributed by atoms with van der Waals surface area (Å²) in [5, 5.41) is 0. The van der Waals surface area contributed by atoms with E-state index in [1.165, 1.54) is 30.3 Å². The van der Waals surface area contributed by atoms with E-state index >= 15 is 52.7 Å². The van der Waals surface area contributed by atoms with Crippen molar-refractivity contribution >= 4 is 44.7 Å². The quantitative estimate of drug-likeness (QED) is 0.0699. The van der Waals surface area contributed by atoms with Gasteiger partial charge in [-0.15, -0.1) is 16.4 Å². The zero-order valence-corrected chi connectivity index (χ0v) is 27.2. The van der Waals surface area contributed by atoms with Crippen LogP contribution in [0.5, 0.6) is 0 Å². The molecule has 5 aromatic rings. The van der Waals surface area contributed by atoms with Crippen molar-refractivity contribution in [3.63, 3.8) is 0 Å². The van der Waals surface area contributed by atoms with Crippen molar-refractivity contribution in [1.82, 2.24) is 0 Å². The normalized spacial score (nSPS) is 13.6. The maximum absolute atomic E-state index is 16.5. The van der Waals surface area contributed by atoms with Gasteiger partial charge in [-0.1, -0.05) is 66.9 Å². The molecule has 0 saturated heterocycles. The highest BCUT2D eigenvalue weighted by Gasteiger charge is 2.53. The molecule has 278 valence electrons. The number of allylic oxidation sites excluding steroid dienone is 3. The molecule has 0 spiro atoms. The summed E-state index contributed by atoms with van der Waals surface area (Å²) in [5.74, 6) is -45.4. The van der Waals surface area contributed by atoms with Gasteiger partial charge in [0.1, 0.15) is 41.0 Å². The van der Waals surface area contributed by atoms with Gasteiger partial charge in [0.05, 0.1) is 0 Å². The average molecular weight is 769 g/mol. The molecule has 16 heteroatoms. The minimum absolute atomic E-state index is 0.0362. The Balaban J connectivity index is 1.95. The molecule has 0 N–H and O–H groups in total.